The summed E-state index contributed by atoms with van der Waals surface area (Å²) in [6, 6.07) is 4.89. The first kappa shape index (κ1) is 14.5. The Bertz CT molecular complexity index is 502. The zero-order chi connectivity index (χ0) is 14.4. The second-order valence-electron chi connectivity index (χ2n) is 3.92. The lowest BCUT2D eigenvalue weighted by atomic mass is 10.2. The first-order valence-corrected chi connectivity index (χ1v) is 5.56. The van der Waals surface area contributed by atoms with E-state index in [4.69, 9.17) is 5.11 Å². The molecule has 0 unspecified atom stereocenters. The lowest BCUT2D eigenvalue weighted by Crippen LogP contribution is -2.40. The summed E-state index contributed by atoms with van der Waals surface area (Å²) in [4.78, 5) is 33.0. The van der Waals surface area contributed by atoms with Gasteiger partial charge in [-0.05, 0) is 25.1 Å². The van der Waals surface area contributed by atoms with Crippen LogP contribution in [0.25, 0.3) is 0 Å². The summed E-state index contributed by atoms with van der Waals surface area (Å²) >= 11 is 0. The largest absolute Gasteiger partial charge is 0.480 e. The number of hydrogen-bond donors (Lipinski definition) is 4. The number of carbonyl (C=O) groups is 3. The van der Waals surface area contributed by atoms with Crippen LogP contribution in [0, 0.1) is 0 Å². The van der Waals surface area contributed by atoms with Gasteiger partial charge in [0.25, 0.3) is 0 Å². The predicted molar refractivity (Wildman–Crippen MR) is 70.0 cm³/mol. The van der Waals surface area contributed by atoms with Gasteiger partial charge >= 0.3 is 12.0 Å². The first-order chi connectivity index (χ1) is 8.88. The lowest BCUT2D eigenvalue weighted by Gasteiger charge is -2.11. The molecule has 1 aromatic carbocycles. The van der Waals surface area contributed by atoms with Gasteiger partial charge in [-0.25, -0.2) is 4.79 Å². The highest BCUT2D eigenvalue weighted by Gasteiger charge is 2.13. The third-order valence-electron chi connectivity index (χ3n) is 2.16. The number of hydrogen-bond acceptors (Lipinski definition) is 3. The SMILES string of the molecule is CC(=O)Nc1cccc(NC(=O)N[C@@H](C)C(=O)O)c1. The molecular weight excluding hydrogens is 250 g/mol. The highest BCUT2D eigenvalue weighted by Crippen LogP contribution is 2.14. The molecule has 0 spiro atoms. The summed E-state index contributed by atoms with van der Waals surface area (Å²) in [6.45, 7) is 2.73. The fourth-order valence-corrected chi connectivity index (χ4v) is 1.30. The summed E-state index contributed by atoms with van der Waals surface area (Å²) < 4.78 is 0. The molecule has 0 saturated carbocycles. The number of carboxylic acids is 1. The van der Waals surface area contributed by atoms with Gasteiger partial charge in [0.05, 0.1) is 0 Å². The normalized spacial score (nSPS) is 11.3. The van der Waals surface area contributed by atoms with Crippen molar-refractivity contribution in [3.63, 3.8) is 0 Å². The van der Waals surface area contributed by atoms with Gasteiger partial charge in [-0.2, -0.15) is 0 Å². The molecule has 0 saturated heterocycles. The maximum atomic E-state index is 11.5. The maximum Gasteiger partial charge on any atom is 0.325 e. The number of aliphatic carboxylic acids is 1. The average Bonchev–Trinajstić information content (AvgIpc) is 2.27. The Kier molecular flexibility index (Phi) is 4.87. The van der Waals surface area contributed by atoms with Crippen LogP contribution in [0.3, 0.4) is 0 Å². The molecule has 0 bridgehead atoms. The van der Waals surface area contributed by atoms with Crippen molar-refractivity contribution in [3.8, 4) is 0 Å². The van der Waals surface area contributed by atoms with Crippen molar-refractivity contribution in [1.29, 1.82) is 0 Å². The lowest BCUT2D eigenvalue weighted by molar-refractivity contribution is -0.138. The third-order valence-corrected chi connectivity index (χ3v) is 2.16. The topological polar surface area (TPSA) is 108 Å². The van der Waals surface area contributed by atoms with Crippen LogP contribution in [0.2, 0.25) is 0 Å². The number of amides is 3. The van der Waals surface area contributed by atoms with E-state index in [1.165, 1.54) is 13.8 Å². The Hall–Kier alpha value is -2.57. The van der Waals surface area contributed by atoms with Gasteiger partial charge in [0.1, 0.15) is 6.04 Å². The van der Waals surface area contributed by atoms with E-state index in [-0.39, 0.29) is 5.91 Å². The molecule has 1 atom stereocenters. The van der Waals surface area contributed by atoms with Crippen molar-refractivity contribution in [2.45, 2.75) is 19.9 Å². The quantitative estimate of drug-likeness (QED) is 0.656. The van der Waals surface area contributed by atoms with Crippen LogP contribution in [-0.4, -0.2) is 29.1 Å². The van der Waals surface area contributed by atoms with Crippen LogP contribution in [0.15, 0.2) is 24.3 Å². The molecule has 0 radical (unpaired) electrons. The Balaban J connectivity index is 2.64. The van der Waals surface area contributed by atoms with Gasteiger partial charge in [0, 0.05) is 18.3 Å². The molecule has 0 aliphatic carbocycles. The fraction of sp³-hybridized carbons (Fsp3) is 0.250. The second-order valence-corrected chi connectivity index (χ2v) is 3.92. The van der Waals surface area contributed by atoms with Crippen molar-refractivity contribution < 1.29 is 19.5 Å². The molecule has 4 N–H and O–H groups in total. The number of carbonyl (C=O) groups excluding carboxylic acids is 2. The van der Waals surface area contributed by atoms with Crippen LogP contribution >= 0.6 is 0 Å². The smallest absolute Gasteiger partial charge is 0.325 e. The van der Waals surface area contributed by atoms with Crippen molar-refractivity contribution >= 4 is 29.3 Å². The van der Waals surface area contributed by atoms with Crippen LogP contribution in [0.1, 0.15) is 13.8 Å². The van der Waals surface area contributed by atoms with E-state index in [0.717, 1.165) is 0 Å². The number of nitrogens with one attached hydrogen (secondary N) is 3. The molecule has 102 valence electrons. The van der Waals surface area contributed by atoms with E-state index in [1.807, 2.05) is 0 Å². The van der Waals surface area contributed by atoms with Crippen LogP contribution in [0.5, 0.6) is 0 Å². The fourth-order valence-electron chi connectivity index (χ4n) is 1.30. The zero-order valence-electron chi connectivity index (χ0n) is 10.6. The van der Waals surface area contributed by atoms with Crippen LogP contribution in [-0.2, 0) is 9.59 Å². The zero-order valence-corrected chi connectivity index (χ0v) is 10.6. The van der Waals surface area contributed by atoms with Gasteiger partial charge in [-0.3, -0.25) is 9.59 Å². The molecule has 0 fully saturated rings. The van der Waals surface area contributed by atoms with Crippen molar-refractivity contribution in [2.75, 3.05) is 10.6 Å². The maximum absolute atomic E-state index is 11.5. The van der Waals surface area contributed by atoms with Crippen LogP contribution in [0.4, 0.5) is 16.2 Å². The van der Waals surface area contributed by atoms with Gasteiger partial charge in [0.15, 0.2) is 0 Å². The van der Waals surface area contributed by atoms with Crippen molar-refractivity contribution in [1.82, 2.24) is 5.32 Å². The predicted octanol–water partition coefficient (Wildman–Crippen LogP) is 1.24. The third kappa shape index (κ3) is 5.07. The van der Waals surface area contributed by atoms with Gasteiger partial charge < -0.3 is 21.1 Å². The summed E-state index contributed by atoms with van der Waals surface area (Å²) in [7, 11) is 0. The monoisotopic (exact) mass is 265 g/mol. The summed E-state index contributed by atoms with van der Waals surface area (Å²) in [5.41, 5.74) is 0.984. The molecule has 19 heavy (non-hydrogen) atoms. The van der Waals surface area contributed by atoms with E-state index < -0.39 is 18.0 Å². The first-order valence-electron chi connectivity index (χ1n) is 5.56. The highest BCUT2D eigenvalue weighted by molar-refractivity contribution is 5.94. The molecule has 7 nitrogen and oxygen atoms in total. The summed E-state index contributed by atoms with van der Waals surface area (Å²) in [5.74, 6) is -1.34. The molecule has 3 amide bonds. The van der Waals surface area contributed by atoms with Crippen molar-refractivity contribution in [3.05, 3.63) is 24.3 Å². The Morgan fingerprint density at radius 2 is 1.74 bits per heavy atom. The van der Waals surface area contributed by atoms with Gasteiger partial charge in [-0.15, -0.1) is 0 Å². The molecule has 0 aromatic heterocycles. The molecule has 1 aromatic rings. The molecule has 1 rings (SSSR count). The van der Waals surface area contributed by atoms with Gasteiger partial charge in [-0.1, -0.05) is 6.07 Å². The molecule has 7 heteroatoms. The van der Waals surface area contributed by atoms with Crippen LogP contribution < -0.4 is 16.0 Å². The minimum atomic E-state index is -1.12. The average molecular weight is 265 g/mol. The Morgan fingerprint density at radius 3 is 2.26 bits per heavy atom. The van der Waals surface area contributed by atoms with E-state index >= 15 is 0 Å². The Labute approximate surface area is 110 Å². The number of anilines is 2. The number of benzene rings is 1. The minimum absolute atomic E-state index is 0.221. The summed E-state index contributed by atoms with van der Waals surface area (Å²) in [5, 5.41) is 16.0. The number of rotatable bonds is 4. The second kappa shape index (κ2) is 6.39. The van der Waals surface area contributed by atoms with E-state index in [9.17, 15) is 14.4 Å². The van der Waals surface area contributed by atoms with Crippen molar-refractivity contribution in [2.24, 2.45) is 0 Å². The molecular formula is C12H15N3O4. The van der Waals surface area contributed by atoms with E-state index in [2.05, 4.69) is 16.0 Å². The minimum Gasteiger partial charge on any atom is -0.480 e. The standard InChI is InChI=1S/C12H15N3O4/c1-7(11(17)18)13-12(19)15-10-5-3-4-9(6-10)14-8(2)16/h3-7H,1-2H3,(H,14,16)(H,17,18)(H2,13,15,19)/t7-/m0/s1. The van der Waals surface area contributed by atoms with E-state index in [0.29, 0.717) is 11.4 Å². The number of carboxylic acid groups (broad SMARTS) is 1. The number of urea groups is 1. The molecule has 0 aliphatic rings. The molecule has 0 heterocycles. The summed E-state index contributed by atoms with van der Waals surface area (Å²) in [6.07, 6.45) is 0. The highest BCUT2D eigenvalue weighted by atomic mass is 16.4. The molecule has 0 aliphatic heterocycles. The van der Waals surface area contributed by atoms with E-state index in [1.54, 1.807) is 24.3 Å². The Morgan fingerprint density at radius 1 is 1.16 bits per heavy atom. The van der Waals surface area contributed by atoms with Gasteiger partial charge in [0.2, 0.25) is 5.91 Å².